The molecule has 3 atom stereocenters. The number of aromatic hydroxyl groups is 1. The van der Waals surface area contributed by atoms with Crippen LogP contribution in [0.2, 0.25) is 0 Å². The lowest BCUT2D eigenvalue weighted by molar-refractivity contribution is -0.140. The molecule has 9 heteroatoms. The Balaban J connectivity index is 1.31. The topological polar surface area (TPSA) is 111 Å². The number of fused-ring (bicyclic) bond motifs is 4. The molecule has 3 aromatic rings. The number of ether oxygens (including phenoxy) is 2. The van der Waals surface area contributed by atoms with Gasteiger partial charge in [-0.3, -0.25) is 19.3 Å². The van der Waals surface area contributed by atoms with E-state index in [1.165, 1.54) is 38.9 Å². The number of nitrogens with zero attached hydrogens (tertiary/aromatic N) is 2. The second-order valence-electron chi connectivity index (χ2n) is 12.2. The predicted octanol–water partition coefficient (Wildman–Crippen LogP) is 5.56. The average Bonchev–Trinajstić information content (AvgIpc) is 3.02. The van der Waals surface area contributed by atoms with Gasteiger partial charge in [-0.2, -0.15) is 0 Å². The molecule has 0 amide bonds. The molecule has 2 aliphatic rings. The van der Waals surface area contributed by atoms with E-state index in [2.05, 4.69) is 11.8 Å². The molecule has 44 heavy (non-hydrogen) atoms. The van der Waals surface area contributed by atoms with Gasteiger partial charge in [-0.15, -0.1) is 0 Å². The number of methoxy groups -OCH3 is 1. The van der Waals surface area contributed by atoms with Crippen molar-refractivity contribution in [2.75, 3.05) is 26.8 Å². The van der Waals surface area contributed by atoms with Crippen LogP contribution in [0.25, 0.3) is 0 Å². The van der Waals surface area contributed by atoms with E-state index in [9.17, 15) is 19.5 Å². The number of likely N-dealkylation sites (tertiary alicyclic amines) is 1. The van der Waals surface area contributed by atoms with Crippen LogP contribution in [0.3, 0.4) is 0 Å². The van der Waals surface area contributed by atoms with Gasteiger partial charge in [-0.1, -0.05) is 57.2 Å². The van der Waals surface area contributed by atoms with Crippen LogP contribution in [-0.2, 0) is 22.6 Å². The van der Waals surface area contributed by atoms with Crippen LogP contribution in [-0.4, -0.2) is 47.3 Å². The van der Waals surface area contributed by atoms with Gasteiger partial charge in [-0.05, 0) is 42.5 Å². The molecule has 2 aromatic heterocycles. The number of unbranched alkanes of at least 4 members (excludes halogenated alkanes) is 5. The van der Waals surface area contributed by atoms with Crippen molar-refractivity contribution in [1.29, 1.82) is 0 Å². The van der Waals surface area contributed by atoms with Gasteiger partial charge in [0.25, 0.3) is 5.56 Å². The lowest BCUT2D eigenvalue weighted by Gasteiger charge is -2.42. The summed E-state index contributed by atoms with van der Waals surface area (Å²) in [5.41, 5.74) is 1.23. The fourth-order valence-corrected chi connectivity index (χ4v) is 6.69. The van der Waals surface area contributed by atoms with Gasteiger partial charge >= 0.3 is 5.97 Å². The van der Waals surface area contributed by atoms with Gasteiger partial charge in [-0.25, -0.2) is 0 Å². The fraction of sp³-hybridized carbons (Fsp3) is 0.514. The molecular weight excluding hydrogens is 560 g/mol. The number of carbonyl (C=O) groups is 1. The number of piperidine rings is 1. The molecule has 236 valence electrons. The van der Waals surface area contributed by atoms with Crippen LogP contribution in [0.15, 0.2) is 62.5 Å². The van der Waals surface area contributed by atoms with Gasteiger partial charge in [0.05, 0.1) is 32.6 Å². The third-order valence-corrected chi connectivity index (χ3v) is 8.90. The Hall–Kier alpha value is -3.85. The zero-order chi connectivity index (χ0) is 31.1. The first-order chi connectivity index (χ1) is 21.4. The molecule has 1 N–H and O–H groups in total. The van der Waals surface area contributed by atoms with E-state index in [1.807, 2.05) is 41.0 Å². The van der Waals surface area contributed by atoms with Gasteiger partial charge in [0.2, 0.25) is 11.2 Å². The molecule has 2 bridgehead atoms. The van der Waals surface area contributed by atoms with Crippen molar-refractivity contribution in [3.63, 3.8) is 0 Å². The van der Waals surface area contributed by atoms with Crippen molar-refractivity contribution in [2.24, 2.45) is 5.92 Å². The second kappa shape index (κ2) is 14.8. The number of benzene rings is 1. The van der Waals surface area contributed by atoms with Crippen molar-refractivity contribution < 1.29 is 23.8 Å². The predicted molar refractivity (Wildman–Crippen MR) is 167 cm³/mol. The highest BCUT2D eigenvalue weighted by Gasteiger charge is 2.35. The maximum Gasteiger partial charge on any atom is 0.306 e. The van der Waals surface area contributed by atoms with Crippen molar-refractivity contribution in [3.05, 3.63) is 91.9 Å². The summed E-state index contributed by atoms with van der Waals surface area (Å²) in [6.07, 6.45) is 8.01. The molecular formula is C35H44N2O7. The van der Waals surface area contributed by atoms with E-state index < -0.39 is 23.1 Å². The van der Waals surface area contributed by atoms with E-state index >= 15 is 0 Å². The van der Waals surface area contributed by atoms with E-state index in [0.717, 1.165) is 43.8 Å². The number of carbonyl (C=O) groups excluding carboxylic acids is 1. The maximum absolute atomic E-state index is 13.0. The van der Waals surface area contributed by atoms with E-state index in [0.29, 0.717) is 36.9 Å². The number of hydrogen-bond donors (Lipinski definition) is 1. The SMILES string of the molecule is CCCCCCCCOc1ccc([C@H](CC(=O)OC)c2oc(CN3C[C@@H]4C[C@H](C3)c3cccc(=O)n3C4)cc(=O)c2O)cc1. The maximum atomic E-state index is 13.0. The van der Waals surface area contributed by atoms with Crippen LogP contribution >= 0.6 is 0 Å². The van der Waals surface area contributed by atoms with Gasteiger partial charge < -0.3 is 23.6 Å². The van der Waals surface area contributed by atoms with Crippen molar-refractivity contribution >= 4 is 5.97 Å². The van der Waals surface area contributed by atoms with Crippen molar-refractivity contribution in [2.45, 2.75) is 83.2 Å². The Labute approximate surface area is 258 Å². The molecule has 2 aliphatic heterocycles. The molecule has 0 radical (unpaired) electrons. The minimum Gasteiger partial charge on any atom is -0.502 e. The van der Waals surface area contributed by atoms with Crippen LogP contribution in [0, 0.1) is 5.92 Å². The van der Waals surface area contributed by atoms with E-state index in [-0.39, 0.29) is 23.7 Å². The third kappa shape index (κ3) is 7.62. The minimum atomic E-state index is -0.720. The zero-order valence-corrected chi connectivity index (χ0v) is 25.8. The van der Waals surface area contributed by atoms with Crippen LogP contribution in [0.4, 0.5) is 0 Å². The zero-order valence-electron chi connectivity index (χ0n) is 25.8. The van der Waals surface area contributed by atoms with Crippen molar-refractivity contribution in [3.8, 4) is 11.5 Å². The summed E-state index contributed by atoms with van der Waals surface area (Å²) in [6.45, 7) is 5.39. The van der Waals surface area contributed by atoms with Gasteiger partial charge in [0.1, 0.15) is 11.5 Å². The molecule has 5 rings (SSSR count). The van der Waals surface area contributed by atoms with Crippen LogP contribution in [0.5, 0.6) is 11.5 Å². The standard InChI is InChI=1S/C35H44N2O7/c1-3-4-5-6-7-8-16-43-27-14-12-25(13-15-27)29(19-33(40)42-2)35-34(41)31(38)18-28(44-35)23-36-20-24-17-26(22-36)30-10-9-11-32(39)37(30)21-24/h9-15,18,24,26,29,41H,3-8,16-17,19-23H2,1-2H3/t24-,26+,29-/m0/s1. The summed E-state index contributed by atoms with van der Waals surface area (Å²) < 4.78 is 19.0. The quantitative estimate of drug-likeness (QED) is 0.188. The number of aromatic nitrogens is 1. The Morgan fingerprint density at radius 2 is 1.80 bits per heavy atom. The molecule has 1 fully saturated rings. The first-order valence-corrected chi connectivity index (χ1v) is 15.9. The number of hydrogen-bond acceptors (Lipinski definition) is 8. The molecule has 0 aliphatic carbocycles. The highest BCUT2D eigenvalue weighted by molar-refractivity contribution is 5.71. The largest absolute Gasteiger partial charge is 0.502 e. The summed E-state index contributed by atoms with van der Waals surface area (Å²) in [5.74, 6) is 0.0144. The molecule has 4 heterocycles. The average molecular weight is 605 g/mol. The van der Waals surface area contributed by atoms with Crippen molar-refractivity contribution in [1.82, 2.24) is 9.47 Å². The fourth-order valence-electron chi connectivity index (χ4n) is 6.69. The lowest BCUT2D eigenvalue weighted by Crippen LogP contribution is -2.46. The van der Waals surface area contributed by atoms with E-state index in [1.54, 1.807) is 6.07 Å². The van der Waals surface area contributed by atoms with E-state index in [4.69, 9.17) is 13.9 Å². The Bertz CT molecular complexity index is 1530. The summed E-state index contributed by atoms with van der Waals surface area (Å²) in [7, 11) is 1.31. The highest BCUT2D eigenvalue weighted by Crippen LogP contribution is 2.37. The molecule has 0 spiro atoms. The summed E-state index contributed by atoms with van der Waals surface area (Å²) in [4.78, 5) is 40.1. The van der Waals surface area contributed by atoms with Gasteiger partial charge in [0.15, 0.2) is 5.76 Å². The molecule has 9 nitrogen and oxygen atoms in total. The molecule has 0 saturated carbocycles. The van der Waals surface area contributed by atoms with Crippen LogP contribution < -0.4 is 15.7 Å². The molecule has 1 aromatic carbocycles. The van der Waals surface area contributed by atoms with Gasteiger partial charge in [0, 0.05) is 43.4 Å². The normalized spacial score (nSPS) is 18.4. The number of rotatable bonds is 14. The molecule has 1 saturated heterocycles. The Kier molecular flexibility index (Phi) is 10.6. The lowest BCUT2D eigenvalue weighted by atomic mass is 9.83. The second-order valence-corrected chi connectivity index (χ2v) is 12.2. The highest BCUT2D eigenvalue weighted by atomic mass is 16.5. The van der Waals surface area contributed by atoms with Crippen LogP contribution in [0.1, 0.15) is 92.9 Å². The summed E-state index contributed by atoms with van der Waals surface area (Å²) in [5, 5.41) is 10.9. The molecule has 0 unspecified atom stereocenters. The smallest absolute Gasteiger partial charge is 0.306 e. The first-order valence-electron chi connectivity index (χ1n) is 15.9. The first kappa shape index (κ1) is 31.6. The number of pyridine rings is 1. The monoisotopic (exact) mass is 604 g/mol. The minimum absolute atomic E-state index is 0.0360. The number of esters is 1. The summed E-state index contributed by atoms with van der Waals surface area (Å²) >= 11 is 0. The Morgan fingerprint density at radius 1 is 1.02 bits per heavy atom. The third-order valence-electron chi connectivity index (χ3n) is 8.90. The Morgan fingerprint density at radius 3 is 2.57 bits per heavy atom. The summed E-state index contributed by atoms with van der Waals surface area (Å²) in [6, 6.07) is 14.1.